The fourth-order valence-electron chi connectivity index (χ4n) is 1.99. The predicted molar refractivity (Wildman–Crippen MR) is 74.4 cm³/mol. The van der Waals surface area contributed by atoms with Crippen LogP contribution in [-0.2, 0) is 6.54 Å². The van der Waals surface area contributed by atoms with Crippen LogP contribution in [0.25, 0.3) is 10.9 Å². The van der Waals surface area contributed by atoms with Crippen LogP contribution in [0.4, 0.5) is 0 Å². The summed E-state index contributed by atoms with van der Waals surface area (Å²) in [6, 6.07) is 8.83. The van der Waals surface area contributed by atoms with Crippen LogP contribution in [0.3, 0.4) is 0 Å². The normalized spacial score (nSPS) is 12.6. The maximum Gasteiger partial charge on any atom is 0.0483 e. The van der Waals surface area contributed by atoms with Gasteiger partial charge in [-0.2, -0.15) is 0 Å². The van der Waals surface area contributed by atoms with E-state index >= 15 is 0 Å². The molecule has 2 rings (SSSR count). The van der Waals surface area contributed by atoms with E-state index in [4.69, 9.17) is 0 Å². The third-order valence-corrected chi connectivity index (χ3v) is 3.70. The van der Waals surface area contributed by atoms with Crippen LogP contribution in [0.15, 0.2) is 30.5 Å². The molecular formula is C15H22N2. The maximum absolute atomic E-state index is 2.35. The van der Waals surface area contributed by atoms with Crippen molar-refractivity contribution in [3.05, 3.63) is 36.0 Å². The van der Waals surface area contributed by atoms with Crippen molar-refractivity contribution >= 4 is 10.9 Å². The van der Waals surface area contributed by atoms with Crippen LogP contribution in [0.5, 0.6) is 0 Å². The summed E-state index contributed by atoms with van der Waals surface area (Å²) in [7, 11) is 4.27. The van der Waals surface area contributed by atoms with Gasteiger partial charge in [-0.25, -0.2) is 0 Å². The largest absolute Gasteiger partial charge is 0.346 e. The van der Waals surface area contributed by atoms with Crippen molar-refractivity contribution < 1.29 is 0 Å². The molecular weight excluding hydrogens is 208 g/mol. The Bertz CT molecular complexity index is 521. The maximum atomic E-state index is 2.35. The van der Waals surface area contributed by atoms with Gasteiger partial charge in [0, 0.05) is 23.8 Å². The third-order valence-electron chi connectivity index (χ3n) is 3.70. The number of hydrogen-bond acceptors (Lipinski definition) is 1. The van der Waals surface area contributed by atoms with Crippen molar-refractivity contribution in [2.45, 2.75) is 32.9 Å². The zero-order valence-electron chi connectivity index (χ0n) is 11.5. The third kappa shape index (κ3) is 2.37. The van der Waals surface area contributed by atoms with Crippen molar-refractivity contribution in [2.24, 2.45) is 0 Å². The van der Waals surface area contributed by atoms with Gasteiger partial charge < -0.3 is 9.47 Å². The number of aryl methyl sites for hydroxylation is 1. The molecule has 0 amide bonds. The summed E-state index contributed by atoms with van der Waals surface area (Å²) in [5.41, 5.74) is 2.82. The lowest BCUT2D eigenvalue weighted by Crippen LogP contribution is -2.41. The summed E-state index contributed by atoms with van der Waals surface area (Å²) in [6.07, 6.45) is 2.19. The van der Waals surface area contributed by atoms with Gasteiger partial charge in [0.05, 0.1) is 0 Å². The first-order chi connectivity index (χ1) is 7.90. The molecule has 17 heavy (non-hydrogen) atoms. The molecule has 2 nitrogen and oxygen atoms in total. The topological polar surface area (TPSA) is 8.17 Å². The minimum atomic E-state index is 0.162. The number of benzene rings is 1. The van der Waals surface area contributed by atoms with Crippen LogP contribution in [0.1, 0.15) is 19.4 Å². The number of aromatic nitrogens is 1. The molecule has 0 unspecified atom stereocenters. The van der Waals surface area contributed by atoms with E-state index in [9.17, 15) is 0 Å². The first kappa shape index (κ1) is 12.2. The van der Waals surface area contributed by atoms with Crippen molar-refractivity contribution in [3.63, 3.8) is 0 Å². The number of rotatable bonds is 3. The number of nitrogens with zero attached hydrogens (tertiary/aromatic N) is 2. The molecule has 92 valence electrons. The summed E-state index contributed by atoms with van der Waals surface area (Å²) in [5.74, 6) is 0. The van der Waals surface area contributed by atoms with Crippen LogP contribution >= 0.6 is 0 Å². The van der Waals surface area contributed by atoms with Crippen molar-refractivity contribution in [3.8, 4) is 0 Å². The number of likely N-dealkylation sites (N-methyl/N-ethyl adjacent to an activating group) is 1. The molecule has 0 atom stereocenters. The molecule has 0 saturated carbocycles. The fourth-order valence-corrected chi connectivity index (χ4v) is 1.99. The smallest absolute Gasteiger partial charge is 0.0483 e. The number of hydrogen-bond donors (Lipinski definition) is 0. The van der Waals surface area contributed by atoms with Crippen LogP contribution in [0.2, 0.25) is 0 Å². The molecule has 0 spiro atoms. The molecule has 0 saturated heterocycles. The second kappa shape index (κ2) is 4.19. The fraction of sp³-hybridized carbons (Fsp3) is 0.467. The Hall–Kier alpha value is -1.28. The van der Waals surface area contributed by atoms with Gasteiger partial charge in [0.1, 0.15) is 0 Å². The molecule has 2 heteroatoms. The summed E-state index contributed by atoms with van der Waals surface area (Å²) >= 11 is 0. The first-order valence-electron chi connectivity index (χ1n) is 6.13. The highest BCUT2D eigenvalue weighted by Gasteiger charge is 2.21. The Labute approximate surface area is 104 Å². The van der Waals surface area contributed by atoms with Crippen LogP contribution in [0, 0.1) is 6.92 Å². The zero-order chi connectivity index (χ0) is 12.6. The molecule has 0 fully saturated rings. The predicted octanol–water partition coefficient (Wildman–Crippen LogP) is 3.29. The van der Waals surface area contributed by atoms with Gasteiger partial charge in [0.15, 0.2) is 0 Å². The molecule has 1 heterocycles. The Morgan fingerprint density at radius 3 is 2.53 bits per heavy atom. The van der Waals surface area contributed by atoms with Gasteiger partial charge in [0.2, 0.25) is 0 Å². The number of fused-ring (bicyclic) bond motifs is 1. The standard InChI is InChI=1S/C15H22N2/c1-12-6-7-13-8-9-17(14(13)10-12)11-15(2,3)16(4)5/h6-10H,11H2,1-5H3. The van der Waals surface area contributed by atoms with Crippen LogP contribution < -0.4 is 0 Å². The minimum Gasteiger partial charge on any atom is -0.346 e. The highest BCUT2D eigenvalue weighted by Crippen LogP contribution is 2.21. The molecule has 0 N–H and O–H groups in total. The quantitative estimate of drug-likeness (QED) is 0.785. The van der Waals surface area contributed by atoms with Gasteiger partial charge in [-0.1, -0.05) is 12.1 Å². The average Bonchev–Trinajstić information content (AvgIpc) is 2.60. The molecule has 0 bridgehead atoms. The minimum absolute atomic E-state index is 0.162. The molecule has 1 aromatic carbocycles. The molecule has 0 aliphatic rings. The lowest BCUT2D eigenvalue weighted by Gasteiger charge is -2.33. The van der Waals surface area contributed by atoms with Crippen molar-refractivity contribution in [1.82, 2.24) is 9.47 Å². The first-order valence-corrected chi connectivity index (χ1v) is 6.13. The Balaban J connectivity index is 2.40. The molecule has 0 aliphatic carbocycles. The van der Waals surface area contributed by atoms with E-state index in [1.54, 1.807) is 0 Å². The Morgan fingerprint density at radius 2 is 1.88 bits per heavy atom. The van der Waals surface area contributed by atoms with E-state index in [0.29, 0.717) is 0 Å². The lowest BCUT2D eigenvalue weighted by molar-refractivity contribution is 0.171. The van der Waals surface area contributed by atoms with Crippen molar-refractivity contribution in [2.75, 3.05) is 14.1 Å². The molecule has 2 aromatic rings. The summed E-state index contributed by atoms with van der Waals surface area (Å²) in [5, 5.41) is 1.32. The van der Waals surface area contributed by atoms with E-state index in [1.165, 1.54) is 16.5 Å². The van der Waals surface area contributed by atoms with Gasteiger partial charge in [-0.3, -0.25) is 0 Å². The second-order valence-corrected chi connectivity index (χ2v) is 5.71. The summed E-state index contributed by atoms with van der Waals surface area (Å²) in [6.45, 7) is 7.70. The molecule has 1 aromatic heterocycles. The monoisotopic (exact) mass is 230 g/mol. The highest BCUT2D eigenvalue weighted by atomic mass is 15.2. The second-order valence-electron chi connectivity index (χ2n) is 5.71. The van der Waals surface area contributed by atoms with E-state index in [-0.39, 0.29) is 5.54 Å². The highest BCUT2D eigenvalue weighted by molar-refractivity contribution is 5.80. The Kier molecular flexibility index (Phi) is 3.00. The van der Waals surface area contributed by atoms with E-state index in [0.717, 1.165) is 6.54 Å². The van der Waals surface area contributed by atoms with Gasteiger partial charge in [-0.15, -0.1) is 0 Å². The van der Waals surface area contributed by atoms with E-state index in [2.05, 4.69) is 74.8 Å². The van der Waals surface area contributed by atoms with Crippen molar-refractivity contribution in [1.29, 1.82) is 0 Å². The summed E-state index contributed by atoms with van der Waals surface area (Å²) < 4.78 is 2.35. The van der Waals surface area contributed by atoms with Crippen LogP contribution in [-0.4, -0.2) is 29.1 Å². The molecule has 0 radical (unpaired) electrons. The molecule has 0 aliphatic heterocycles. The zero-order valence-corrected chi connectivity index (χ0v) is 11.5. The summed E-state index contributed by atoms with van der Waals surface area (Å²) in [4.78, 5) is 2.27. The SMILES string of the molecule is Cc1ccc2ccn(CC(C)(C)N(C)C)c2c1. The van der Waals surface area contributed by atoms with Gasteiger partial charge in [0.25, 0.3) is 0 Å². The Morgan fingerprint density at radius 1 is 1.18 bits per heavy atom. The van der Waals surface area contributed by atoms with Gasteiger partial charge in [-0.05, 0) is 57.9 Å². The van der Waals surface area contributed by atoms with Gasteiger partial charge >= 0.3 is 0 Å². The average molecular weight is 230 g/mol. The van der Waals surface area contributed by atoms with E-state index < -0.39 is 0 Å². The van der Waals surface area contributed by atoms with E-state index in [1.807, 2.05) is 0 Å². The lowest BCUT2D eigenvalue weighted by atomic mass is 10.0.